The molecule has 0 N–H and O–H groups in total. The maximum absolute atomic E-state index is 5.43. The summed E-state index contributed by atoms with van der Waals surface area (Å²) in [6.45, 7) is 10.7. The van der Waals surface area contributed by atoms with Gasteiger partial charge in [-0.2, -0.15) is 0 Å². The summed E-state index contributed by atoms with van der Waals surface area (Å²) in [5.74, 6) is 2.10. The zero-order valence-corrected chi connectivity index (χ0v) is 16.7. The standard InChI is InChI=1S/C23H28N2O2/c1-5-10-25-20-8-6-17(11-19(20)16(2)13-23(25,3)4)14-24-18-7-9-21-22(12-18)27-15-26-21/h6-9,11-12,14,16H,5,10,13,15H2,1-4H3. The third-order valence-corrected chi connectivity index (χ3v) is 5.58. The average molecular weight is 364 g/mol. The fourth-order valence-corrected chi connectivity index (χ4v) is 4.35. The largest absolute Gasteiger partial charge is 0.454 e. The van der Waals surface area contributed by atoms with E-state index in [0.717, 1.165) is 35.7 Å². The smallest absolute Gasteiger partial charge is 0.231 e. The quantitative estimate of drug-likeness (QED) is 0.656. The van der Waals surface area contributed by atoms with E-state index in [1.165, 1.54) is 17.7 Å². The minimum absolute atomic E-state index is 0.199. The van der Waals surface area contributed by atoms with Crippen LogP contribution in [0.1, 0.15) is 57.6 Å². The summed E-state index contributed by atoms with van der Waals surface area (Å²) < 4.78 is 10.8. The molecule has 2 aliphatic rings. The lowest BCUT2D eigenvalue weighted by atomic mass is 9.79. The zero-order chi connectivity index (χ0) is 19.0. The monoisotopic (exact) mass is 364 g/mol. The summed E-state index contributed by atoms with van der Waals surface area (Å²) in [6.07, 6.45) is 4.27. The Morgan fingerprint density at radius 3 is 2.78 bits per heavy atom. The van der Waals surface area contributed by atoms with Crippen LogP contribution in [0.25, 0.3) is 0 Å². The van der Waals surface area contributed by atoms with Gasteiger partial charge in [-0.3, -0.25) is 4.99 Å². The molecule has 0 saturated carbocycles. The number of hydrogen-bond acceptors (Lipinski definition) is 4. The van der Waals surface area contributed by atoms with Crippen molar-refractivity contribution in [3.63, 3.8) is 0 Å². The van der Waals surface area contributed by atoms with Crippen molar-refractivity contribution in [1.82, 2.24) is 0 Å². The van der Waals surface area contributed by atoms with Gasteiger partial charge in [0.1, 0.15) is 0 Å². The normalized spacial score (nSPS) is 20.1. The molecular formula is C23H28N2O2. The second-order valence-corrected chi connectivity index (χ2v) is 8.18. The van der Waals surface area contributed by atoms with Crippen LogP contribution in [0.2, 0.25) is 0 Å². The van der Waals surface area contributed by atoms with Gasteiger partial charge in [-0.25, -0.2) is 0 Å². The highest BCUT2D eigenvalue weighted by Gasteiger charge is 2.35. The minimum atomic E-state index is 0.199. The lowest BCUT2D eigenvalue weighted by molar-refractivity contribution is 0.174. The molecule has 0 spiro atoms. The molecule has 0 aliphatic carbocycles. The summed E-state index contributed by atoms with van der Waals surface area (Å²) in [5.41, 5.74) is 5.01. The van der Waals surface area contributed by atoms with Crippen LogP contribution in [-0.4, -0.2) is 25.1 Å². The molecule has 0 amide bonds. The molecule has 1 atom stereocenters. The summed E-state index contributed by atoms with van der Waals surface area (Å²) in [7, 11) is 0. The van der Waals surface area contributed by atoms with Gasteiger partial charge in [0.15, 0.2) is 11.5 Å². The zero-order valence-electron chi connectivity index (χ0n) is 16.7. The predicted molar refractivity (Wildman–Crippen MR) is 111 cm³/mol. The number of fused-ring (bicyclic) bond motifs is 2. The number of rotatable bonds is 4. The first kappa shape index (κ1) is 17.9. The molecule has 27 heavy (non-hydrogen) atoms. The van der Waals surface area contributed by atoms with Gasteiger partial charge in [-0.15, -0.1) is 0 Å². The molecule has 142 valence electrons. The second kappa shape index (κ2) is 6.91. The van der Waals surface area contributed by atoms with E-state index in [4.69, 9.17) is 9.47 Å². The first-order valence-corrected chi connectivity index (χ1v) is 9.83. The maximum atomic E-state index is 5.43. The Labute approximate surface area is 161 Å². The summed E-state index contributed by atoms with van der Waals surface area (Å²) in [4.78, 5) is 7.21. The van der Waals surface area contributed by atoms with E-state index < -0.39 is 0 Å². The highest BCUT2D eigenvalue weighted by Crippen LogP contribution is 2.43. The Morgan fingerprint density at radius 1 is 1.15 bits per heavy atom. The maximum Gasteiger partial charge on any atom is 0.231 e. The number of aliphatic imine (C=N–C) groups is 1. The fourth-order valence-electron chi connectivity index (χ4n) is 4.35. The molecule has 4 nitrogen and oxygen atoms in total. The lowest BCUT2D eigenvalue weighted by Gasteiger charge is -2.47. The van der Waals surface area contributed by atoms with Crippen molar-refractivity contribution in [2.75, 3.05) is 18.2 Å². The summed E-state index contributed by atoms with van der Waals surface area (Å²) in [5, 5.41) is 0. The van der Waals surface area contributed by atoms with Crippen molar-refractivity contribution < 1.29 is 9.47 Å². The topological polar surface area (TPSA) is 34.1 Å². The molecule has 1 unspecified atom stereocenters. The van der Waals surface area contributed by atoms with E-state index in [1.54, 1.807) is 0 Å². The third kappa shape index (κ3) is 3.41. The molecule has 0 radical (unpaired) electrons. The highest BCUT2D eigenvalue weighted by atomic mass is 16.7. The van der Waals surface area contributed by atoms with Crippen molar-refractivity contribution >= 4 is 17.6 Å². The SMILES string of the molecule is CCCN1c2ccc(C=Nc3ccc4c(c3)OCO4)cc2C(C)CC1(C)C. The summed E-state index contributed by atoms with van der Waals surface area (Å²) in [6, 6.07) is 12.5. The van der Waals surface area contributed by atoms with Crippen molar-refractivity contribution in [3.05, 3.63) is 47.5 Å². The van der Waals surface area contributed by atoms with Crippen LogP contribution in [-0.2, 0) is 0 Å². The molecule has 4 rings (SSSR count). The molecule has 0 aromatic heterocycles. The average Bonchev–Trinajstić information content (AvgIpc) is 3.11. The fraction of sp³-hybridized carbons (Fsp3) is 0.435. The number of nitrogens with zero attached hydrogens (tertiary/aromatic N) is 2. The minimum Gasteiger partial charge on any atom is -0.454 e. The molecule has 0 bridgehead atoms. The molecule has 2 aromatic rings. The molecular weight excluding hydrogens is 336 g/mol. The first-order chi connectivity index (χ1) is 13.0. The van der Waals surface area contributed by atoms with Gasteiger partial charge in [0, 0.05) is 30.1 Å². The van der Waals surface area contributed by atoms with Gasteiger partial charge in [-0.05, 0) is 68.0 Å². The van der Waals surface area contributed by atoms with E-state index in [9.17, 15) is 0 Å². The third-order valence-electron chi connectivity index (χ3n) is 5.58. The van der Waals surface area contributed by atoms with Gasteiger partial charge in [0.05, 0.1) is 5.69 Å². The molecule has 2 aliphatic heterocycles. The Hall–Kier alpha value is -2.49. The molecule has 2 aromatic carbocycles. The molecule has 0 saturated heterocycles. The summed E-state index contributed by atoms with van der Waals surface area (Å²) >= 11 is 0. The van der Waals surface area contributed by atoms with Crippen molar-refractivity contribution in [1.29, 1.82) is 0 Å². The van der Waals surface area contributed by atoms with Gasteiger partial charge >= 0.3 is 0 Å². The van der Waals surface area contributed by atoms with E-state index in [2.05, 4.69) is 55.8 Å². The van der Waals surface area contributed by atoms with Crippen molar-refractivity contribution in [2.24, 2.45) is 4.99 Å². The Bertz CT molecular complexity index is 873. The van der Waals surface area contributed by atoms with Crippen molar-refractivity contribution in [3.8, 4) is 11.5 Å². The van der Waals surface area contributed by atoms with Crippen LogP contribution in [0.4, 0.5) is 11.4 Å². The van der Waals surface area contributed by atoms with E-state index in [-0.39, 0.29) is 12.3 Å². The van der Waals surface area contributed by atoms with Gasteiger partial charge < -0.3 is 14.4 Å². The second-order valence-electron chi connectivity index (χ2n) is 8.18. The van der Waals surface area contributed by atoms with Crippen LogP contribution in [0.5, 0.6) is 11.5 Å². The van der Waals surface area contributed by atoms with E-state index >= 15 is 0 Å². The van der Waals surface area contributed by atoms with Crippen molar-refractivity contribution in [2.45, 2.75) is 52.0 Å². The Morgan fingerprint density at radius 2 is 1.96 bits per heavy atom. The number of anilines is 1. The van der Waals surface area contributed by atoms with Crippen LogP contribution < -0.4 is 14.4 Å². The van der Waals surface area contributed by atoms with Crippen LogP contribution in [0.3, 0.4) is 0 Å². The highest BCUT2D eigenvalue weighted by molar-refractivity contribution is 5.84. The first-order valence-electron chi connectivity index (χ1n) is 9.83. The molecule has 2 heterocycles. The van der Waals surface area contributed by atoms with Gasteiger partial charge in [0.2, 0.25) is 6.79 Å². The van der Waals surface area contributed by atoms with Crippen LogP contribution in [0.15, 0.2) is 41.4 Å². The van der Waals surface area contributed by atoms with Crippen LogP contribution in [0, 0.1) is 0 Å². The number of benzene rings is 2. The molecule has 0 fully saturated rings. The van der Waals surface area contributed by atoms with Gasteiger partial charge in [0.25, 0.3) is 0 Å². The Kier molecular flexibility index (Phi) is 4.58. The number of hydrogen-bond donors (Lipinski definition) is 0. The predicted octanol–water partition coefficient (Wildman–Crippen LogP) is 5.67. The lowest BCUT2D eigenvalue weighted by Crippen LogP contribution is -2.48. The van der Waals surface area contributed by atoms with E-state index in [0.29, 0.717) is 5.92 Å². The Balaban J connectivity index is 1.62. The van der Waals surface area contributed by atoms with Crippen LogP contribution >= 0.6 is 0 Å². The number of ether oxygens (including phenoxy) is 2. The molecule has 4 heteroatoms. The van der Waals surface area contributed by atoms with Gasteiger partial charge in [-0.1, -0.05) is 19.9 Å². The van der Waals surface area contributed by atoms with E-state index in [1.807, 2.05) is 24.4 Å².